The number of hydrogen-bond acceptors (Lipinski definition) is 1. The third-order valence-electron chi connectivity index (χ3n) is 6.79. The Morgan fingerprint density at radius 3 is 2.41 bits per heavy atom. The van der Waals surface area contributed by atoms with Gasteiger partial charge in [-0.15, -0.1) is 0 Å². The van der Waals surface area contributed by atoms with Crippen molar-refractivity contribution in [3.05, 3.63) is 0 Å². The second-order valence-corrected chi connectivity index (χ2v) is 7.66. The van der Waals surface area contributed by atoms with E-state index in [9.17, 15) is 4.79 Å². The van der Waals surface area contributed by atoms with E-state index in [1.54, 1.807) is 6.42 Å². The molecule has 5 rings (SSSR count). The minimum absolute atomic E-state index is 0.420. The van der Waals surface area contributed by atoms with Crippen LogP contribution in [0.4, 0.5) is 0 Å². The maximum Gasteiger partial charge on any atom is 0.132 e. The van der Waals surface area contributed by atoms with Crippen molar-refractivity contribution in [2.24, 2.45) is 35.0 Å². The summed E-state index contributed by atoms with van der Waals surface area (Å²) in [6.07, 6.45) is 11.4. The second kappa shape index (κ2) is 3.36. The van der Waals surface area contributed by atoms with E-state index in [1.807, 2.05) is 6.92 Å². The van der Waals surface area contributed by atoms with Crippen molar-refractivity contribution in [1.82, 2.24) is 0 Å². The highest BCUT2D eigenvalue weighted by Crippen LogP contribution is 2.67. The van der Waals surface area contributed by atoms with Crippen molar-refractivity contribution in [3.63, 3.8) is 0 Å². The fraction of sp³-hybridized carbons (Fsp3) is 0.938. The molecule has 4 unspecified atom stereocenters. The van der Waals surface area contributed by atoms with E-state index < -0.39 is 0 Å². The van der Waals surface area contributed by atoms with Gasteiger partial charge in [0.1, 0.15) is 5.78 Å². The molecule has 17 heavy (non-hydrogen) atoms. The topological polar surface area (TPSA) is 17.1 Å². The van der Waals surface area contributed by atoms with Crippen molar-refractivity contribution in [3.8, 4) is 0 Å². The Hall–Kier alpha value is -0.330. The van der Waals surface area contributed by atoms with Crippen LogP contribution in [0, 0.1) is 35.0 Å². The van der Waals surface area contributed by atoms with Crippen LogP contribution in [0.5, 0.6) is 0 Å². The maximum atomic E-state index is 11.7. The highest BCUT2D eigenvalue weighted by Gasteiger charge is 2.58. The first-order valence-corrected chi connectivity index (χ1v) is 7.67. The van der Waals surface area contributed by atoms with E-state index in [1.165, 1.54) is 44.9 Å². The standard InChI is InChI=1S/C16H24O/c1-10(17)13-2-3-16-8-11-4-12(9-16)6-14(5-11)15(16)7-13/h11-15H,2-9H2,1H3. The summed E-state index contributed by atoms with van der Waals surface area (Å²) in [6.45, 7) is 1.82. The highest BCUT2D eigenvalue weighted by atomic mass is 16.1. The molecule has 1 nitrogen and oxygen atoms in total. The average molecular weight is 232 g/mol. The summed E-state index contributed by atoms with van der Waals surface area (Å²) in [4.78, 5) is 11.7. The predicted molar refractivity (Wildman–Crippen MR) is 67.5 cm³/mol. The van der Waals surface area contributed by atoms with Gasteiger partial charge in [0, 0.05) is 5.92 Å². The van der Waals surface area contributed by atoms with Crippen molar-refractivity contribution in [1.29, 1.82) is 0 Å². The van der Waals surface area contributed by atoms with Gasteiger partial charge in [0.05, 0.1) is 0 Å². The minimum Gasteiger partial charge on any atom is -0.300 e. The van der Waals surface area contributed by atoms with Gasteiger partial charge in [0.2, 0.25) is 0 Å². The molecular weight excluding hydrogens is 208 g/mol. The van der Waals surface area contributed by atoms with Crippen LogP contribution in [0.15, 0.2) is 0 Å². The van der Waals surface area contributed by atoms with E-state index in [4.69, 9.17) is 0 Å². The zero-order valence-electron chi connectivity index (χ0n) is 11.0. The molecule has 1 heteroatoms. The Morgan fingerprint density at radius 2 is 1.76 bits per heavy atom. The molecule has 0 aliphatic heterocycles. The number of rotatable bonds is 1. The predicted octanol–water partition coefficient (Wildman–Crippen LogP) is 3.82. The molecule has 0 saturated heterocycles. The molecule has 4 atom stereocenters. The summed E-state index contributed by atoms with van der Waals surface area (Å²) >= 11 is 0. The van der Waals surface area contributed by atoms with Gasteiger partial charge in [0.15, 0.2) is 0 Å². The summed E-state index contributed by atoms with van der Waals surface area (Å²) in [5.41, 5.74) is 0.709. The minimum atomic E-state index is 0.420. The zero-order valence-corrected chi connectivity index (χ0v) is 11.0. The van der Waals surface area contributed by atoms with Crippen LogP contribution in [-0.4, -0.2) is 5.78 Å². The van der Waals surface area contributed by atoms with Crippen molar-refractivity contribution < 1.29 is 4.79 Å². The molecular formula is C16H24O. The lowest BCUT2D eigenvalue weighted by Crippen LogP contribution is -2.55. The summed E-state index contributed by atoms with van der Waals surface area (Å²) in [6, 6.07) is 0. The molecule has 0 aromatic heterocycles. The van der Waals surface area contributed by atoms with E-state index in [-0.39, 0.29) is 0 Å². The van der Waals surface area contributed by atoms with Crippen LogP contribution < -0.4 is 0 Å². The van der Waals surface area contributed by atoms with E-state index in [2.05, 4.69) is 0 Å². The molecule has 94 valence electrons. The number of Topliss-reactive ketones (excluding diaryl/α,β-unsaturated/α-hetero) is 1. The number of ketones is 1. The van der Waals surface area contributed by atoms with E-state index >= 15 is 0 Å². The SMILES string of the molecule is CC(=O)C1CCC23CC4CC(CC(C4)C2C1)C3. The Labute approximate surface area is 104 Å². The average Bonchev–Trinajstić information content (AvgIpc) is 2.26. The highest BCUT2D eigenvalue weighted by molar-refractivity contribution is 5.78. The first-order valence-electron chi connectivity index (χ1n) is 7.67. The fourth-order valence-corrected chi connectivity index (χ4v) is 6.40. The molecule has 0 aromatic rings. The second-order valence-electron chi connectivity index (χ2n) is 7.66. The largest absolute Gasteiger partial charge is 0.300 e. The van der Waals surface area contributed by atoms with E-state index in [0.717, 1.165) is 23.7 Å². The van der Waals surface area contributed by atoms with Crippen LogP contribution in [-0.2, 0) is 4.79 Å². The molecule has 0 N–H and O–H groups in total. The summed E-state index contributed by atoms with van der Waals surface area (Å²) in [5.74, 6) is 4.95. The van der Waals surface area contributed by atoms with Crippen LogP contribution in [0.2, 0.25) is 0 Å². The van der Waals surface area contributed by atoms with Crippen molar-refractivity contribution in [2.45, 2.75) is 58.3 Å². The molecule has 0 heterocycles. The van der Waals surface area contributed by atoms with Crippen LogP contribution >= 0.6 is 0 Å². The van der Waals surface area contributed by atoms with Gasteiger partial charge >= 0.3 is 0 Å². The Kier molecular flexibility index (Phi) is 2.09. The smallest absolute Gasteiger partial charge is 0.132 e. The molecule has 5 saturated carbocycles. The summed E-state index contributed by atoms with van der Waals surface area (Å²) in [7, 11) is 0. The first-order chi connectivity index (χ1) is 8.16. The quantitative estimate of drug-likeness (QED) is 0.671. The van der Waals surface area contributed by atoms with Gasteiger partial charge in [-0.2, -0.15) is 0 Å². The van der Waals surface area contributed by atoms with Crippen LogP contribution in [0.25, 0.3) is 0 Å². The Bertz CT molecular complexity index is 345. The van der Waals surface area contributed by atoms with Gasteiger partial charge in [0.25, 0.3) is 0 Å². The molecule has 4 bridgehead atoms. The van der Waals surface area contributed by atoms with Gasteiger partial charge < -0.3 is 0 Å². The molecule has 5 aliphatic carbocycles. The normalized spacial score (nSPS) is 55.7. The number of hydrogen-bond donors (Lipinski definition) is 0. The molecule has 1 spiro atoms. The lowest BCUT2D eigenvalue weighted by molar-refractivity contribution is -0.148. The number of carbonyl (C=O) groups is 1. The van der Waals surface area contributed by atoms with Crippen molar-refractivity contribution in [2.75, 3.05) is 0 Å². The molecule has 0 aromatic carbocycles. The molecule has 0 radical (unpaired) electrons. The monoisotopic (exact) mass is 232 g/mol. The van der Waals surface area contributed by atoms with E-state index in [0.29, 0.717) is 17.1 Å². The van der Waals surface area contributed by atoms with Gasteiger partial charge in [-0.05, 0) is 87.4 Å². The third-order valence-corrected chi connectivity index (χ3v) is 6.79. The lowest BCUT2D eigenvalue weighted by atomic mass is 9.41. The lowest BCUT2D eigenvalue weighted by Gasteiger charge is -2.64. The summed E-state index contributed by atoms with van der Waals surface area (Å²) < 4.78 is 0. The zero-order chi connectivity index (χ0) is 11.6. The van der Waals surface area contributed by atoms with Crippen molar-refractivity contribution >= 4 is 5.78 Å². The van der Waals surface area contributed by atoms with Crippen LogP contribution in [0.3, 0.4) is 0 Å². The number of carbonyl (C=O) groups excluding carboxylic acids is 1. The first kappa shape index (κ1) is 10.6. The molecule has 5 fully saturated rings. The summed E-state index contributed by atoms with van der Waals surface area (Å²) in [5, 5.41) is 0. The van der Waals surface area contributed by atoms with Gasteiger partial charge in [-0.3, -0.25) is 4.79 Å². The fourth-order valence-electron chi connectivity index (χ4n) is 6.40. The van der Waals surface area contributed by atoms with Crippen LogP contribution in [0.1, 0.15) is 58.3 Å². The Morgan fingerprint density at radius 1 is 1.06 bits per heavy atom. The molecule has 5 aliphatic rings. The van der Waals surface area contributed by atoms with Gasteiger partial charge in [-0.1, -0.05) is 0 Å². The maximum absolute atomic E-state index is 11.7. The van der Waals surface area contributed by atoms with Gasteiger partial charge in [-0.25, -0.2) is 0 Å². The molecule has 0 amide bonds. The Balaban J connectivity index is 1.64. The third kappa shape index (κ3) is 1.40.